The zero-order valence-corrected chi connectivity index (χ0v) is 12.0. The first-order valence-corrected chi connectivity index (χ1v) is 6.57. The third kappa shape index (κ3) is 2.92. The van der Waals surface area contributed by atoms with Crippen molar-refractivity contribution in [1.29, 1.82) is 0 Å². The Hall–Kier alpha value is -1.32. The molecule has 0 radical (unpaired) electrons. The number of nitrogens with one attached hydrogen (secondary N) is 1. The lowest BCUT2D eigenvalue weighted by Gasteiger charge is -2.08. The molecule has 2 aromatic carbocycles. The van der Waals surface area contributed by atoms with Gasteiger partial charge in [0.2, 0.25) is 0 Å². The summed E-state index contributed by atoms with van der Waals surface area (Å²) in [4.78, 5) is 12.0. The van der Waals surface area contributed by atoms with Crippen molar-refractivity contribution in [2.24, 2.45) is 0 Å². The average Bonchev–Trinajstić information content (AvgIpc) is 2.36. The summed E-state index contributed by atoms with van der Waals surface area (Å²) in [7, 11) is 0. The first-order chi connectivity index (χ1) is 8.58. The fourth-order valence-corrected chi connectivity index (χ4v) is 2.04. The van der Waals surface area contributed by atoms with Gasteiger partial charge in [-0.25, -0.2) is 0 Å². The fourth-order valence-electron chi connectivity index (χ4n) is 1.50. The molecule has 2 nitrogen and oxygen atoms in total. The van der Waals surface area contributed by atoms with Crippen LogP contribution in [0.3, 0.4) is 0 Å². The van der Waals surface area contributed by atoms with E-state index < -0.39 is 0 Å². The van der Waals surface area contributed by atoms with Gasteiger partial charge in [0.1, 0.15) is 0 Å². The Balaban J connectivity index is 2.21. The van der Waals surface area contributed by atoms with Crippen LogP contribution in [0.5, 0.6) is 0 Å². The second-order valence-electron chi connectivity index (χ2n) is 3.92. The summed E-state index contributed by atoms with van der Waals surface area (Å²) in [5, 5.41) is 3.38. The molecule has 4 heteroatoms. The summed E-state index contributed by atoms with van der Waals surface area (Å²) in [6, 6.07) is 12.7. The molecule has 0 spiro atoms. The van der Waals surface area contributed by atoms with Gasteiger partial charge in [0.15, 0.2) is 0 Å². The van der Waals surface area contributed by atoms with Crippen molar-refractivity contribution in [3.05, 3.63) is 63.1 Å². The number of carbonyl (C=O) groups is 1. The quantitative estimate of drug-likeness (QED) is 0.855. The zero-order chi connectivity index (χ0) is 13.1. The van der Waals surface area contributed by atoms with Gasteiger partial charge >= 0.3 is 0 Å². The summed E-state index contributed by atoms with van der Waals surface area (Å²) in [6.07, 6.45) is 0. The van der Waals surface area contributed by atoms with Gasteiger partial charge in [-0.3, -0.25) is 4.79 Å². The smallest absolute Gasteiger partial charge is 0.255 e. The van der Waals surface area contributed by atoms with E-state index in [9.17, 15) is 4.79 Å². The standard InChI is InChI=1S/C14H11BrClNO/c1-9-5-7-10(8-6-9)14(18)17-12-4-2-3-11(16)13(12)15/h2-8H,1H3,(H,17,18). The first kappa shape index (κ1) is 13.1. The molecule has 1 N–H and O–H groups in total. The molecule has 92 valence electrons. The van der Waals surface area contributed by atoms with Crippen LogP contribution in [0.25, 0.3) is 0 Å². The predicted molar refractivity (Wildman–Crippen MR) is 78.3 cm³/mol. The predicted octanol–water partition coefficient (Wildman–Crippen LogP) is 4.66. The Morgan fingerprint density at radius 3 is 2.50 bits per heavy atom. The molecule has 0 aliphatic heterocycles. The van der Waals surface area contributed by atoms with E-state index in [1.165, 1.54) is 0 Å². The highest BCUT2D eigenvalue weighted by Gasteiger charge is 2.09. The molecule has 0 unspecified atom stereocenters. The molecular weight excluding hydrogens is 314 g/mol. The topological polar surface area (TPSA) is 29.1 Å². The number of carbonyl (C=O) groups excluding carboxylic acids is 1. The minimum Gasteiger partial charge on any atom is -0.321 e. The normalized spacial score (nSPS) is 10.2. The second-order valence-corrected chi connectivity index (χ2v) is 5.12. The maximum absolute atomic E-state index is 12.0. The molecule has 2 rings (SSSR count). The summed E-state index contributed by atoms with van der Waals surface area (Å²) in [5.41, 5.74) is 2.40. The zero-order valence-electron chi connectivity index (χ0n) is 9.71. The van der Waals surface area contributed by atoms with Crippen LogP contribution in [-0.4, -0.2) is 5.91 Å². The van der Waals surface area contributed by atoms with Gasteiger partial charge in [-0.1, -0.05) is 35.4 Å². The number of hydrogen-bond donors (Lipinski definition) is 1. The maximum atomic E-state index is 12.0. The highest BCUT2D eigenvalue weighted by Crippen LogP contribution is 2.30. The van der Waals surface area contributed by atoms with Crippen molar-refractivity contribution in [3.63, 3.8) is 0 Å². The number of rotatable bonds is 2. The number of hydrogen-bond acceptors (Lipinski definition) is 1. The molecule has 18 heavy (non-hydrogen) atoms. The van der Waals surface area contributed by atoms with Crippen LogP contribution in [0, 0.1) is 6.92 Å². The maximum Gasteiger partial charge on any atom is 0.255 e. The lowest BCUT2D eigenvalue weighted by Crippen LogP contribution is -2.12. The van der Waals surface area contributed by atoms with Crippen molar-refractivity contribution in [3.8, 4) is 0 Å². The Morgan fingerprint density at radius 1 is 1.17 bits per heavy atom. The SMILES string of the molecule is Cc1ccc(C(=O)Nc2cccc(Cl)c2Br)cc1. The molecule has 0 heterocycles. The first-order valence-electron chi connectivity index (χ1n) is 5.40. The summed E-state index contributed by atoms with van der Waals surface area (Å²) < 4.78 is 0.687. The third-order valence-corrected chi connectivity index (χ3v) is 3.91. The van der Waals surface area contributed by atoms with Crippen LogP contribution in [0.1, 0.15) is 15.9 Å². The highest BCUT2D eigenvalue weighted by molar-refractivity contribution is 9.10. The third-order valence-electron chi connectivity index (χ3n) is 2.51. The van der Waals surface area contributed by atoms with E-state index in [0.29, 0.717) is 20.7 Å². The monoisotopic (exact) mass is 323 g/mol. The van der Waals surface area contributed by atoms with E-state index in [1.807, 2.05) is 19.1 Å². The molecule has 1 amide bonds. The van der Waals surface area contributed by atoms with E-state index >= 15 is 0 Å². The Kier molecular flexibility index (Phi) is 4.04. The number of amides is 1. The molecule has 0 bridgehead atoms. The van der Waals surface area contributed by atoms with Gasteiger partial charge in [-0.2, -0.15) is 0 Å². The van der Waals surface area contributed by atoms with Crippen molar-refractivity contribution >= 4 is 39.1 Å². The number of anilines is 1. The van der Waals surface area contributed by atoms with E-state index in [0.717, 1.165) is 5.56 Å². The van der Waals surface area contributed by atoms with Gasteiger partial charge < -0.3 is 5.32 Å². The molecule has 0 fully saturated rings. The fraction of sp³-hybridized carbons (Fsp3) is 0.0714. The van der Waals surface area contributed by atoms with Gasteiger partial charge in [0.25, 0.3) is 5.91 Å². The summed E-state index contributed by atoms with van der Waals surface area (Å²) in [5.74, 6) is -0.155. The molecule has 0 saturated carbocycles. The minimum absolute atomic E-state index is 0.155. The Bertz CT molecular complexity index is 581. The largest absolute Gasteiger partial charge is 0.321 e. The van der Waals surface area contributed by atoms with Gasteiger partial charge in [-0.05, 0) is 47.1 Å². The van der Waals surface area contributed by atoms with Gasteiger partial charge in [-0.15, -0.1) is 0 Å². The molecular formula is C14H11BrClNO. The van der Waals surface area contributed by atoms with Crippen LogP contribution in [0.2, 0.25) is 5.02 Å². The van der Waals surface area contributed by atoms with Crippen LogP contribution < -0.4 is 5.32 Å². The molecule has 0 atom stereocenters. The van der Waals surface area contributed by atoms with E-state index in [2.05, 4.69) is 21.2 Å². The van der Waals surface area contributed by atoms with E-state index in [1.54, 1.807) is 30.3 Å². The molecule has 2 aromatic rings. The van der Waals surface area contributed by atoms with Crippen molar-refractivity contribution in [1.82, 2.24) is 0 Å². The average molecular weight is 325 g/mol. The summed E-state index contributed by atoms with van der Waals surface area (Å²) in [6.45, 7) is 1.98. The van der Waals surface area contributed by atoms with E-state index in [-0.39, 0.29) is 5.91 Å². The number of benzene rings is 2. The number of halogens is 2. The molecule has 0 aromatic heterocycles. The molecule has 0 aliphatic carbocycles. The lowest BCUT2D eigenvalue weighted by molar-refractivity contribution is 0.102. The molecule has 0 saturated heterocycles. The van der Waals surface area contributed by atoms with Gasteiger partial charge in [0, 0.05) is 5.56 Å². The van der Waals surface area contributed by atoms with E-state index in [4.69, 9.17) is 11.6 Å². The number of aryl methyl sites for hydroxylation is 1. The van der Waals surface area contributed by atoms with Crippen molar-refractivity contribution < 1.29 is 4.79 Å². The Morgan fingerprint density at radius 2 is 1.83 bits per heavy atom. The van der Waals surface area contributed by atoms with Crippen LogP contribution in [0.4, 0.5) is 5.69 Å². The lowest BCUT2D eigenvalue weighted by atomic mass is 10.1. The Labute approximate surface area is 119 Å². The van der Waals surface area contributed by atoms with Gasteiger partial charge in [0.05, 0.1) is 15.2 Å². The van der Waals surface area contributed by atoms with Crippen LogP contribution in [0.15, 0.2) is 46.9 Å². The van der Waals surface area contributed by atoms with Crippen LogP contribution in [-0.2, 0) is 0 Å². The van der Waals surface area contributed by atoms with Crippen molar-refractivity contribution in [2.45, 2.75) is 6.92 Å². The minimum atomic E-state index is -0.155. The van der Waals surface area contributed by atoms with Crippen molar-refractivity contribution in [2.75, 3.05) is 5.32 Å². The summed E-state index contributed by atoms with van der Waals surface area (Å²) >= 11 is 9.31. The highest BCUT2D eigenvalue weighted by atomic mass is 79.9. The molecule has 0 aliphatic rings. The second kappa shape index (κ2) is 5.55. The van der Waals surface area contributed by atoms with Crippen LogP contribution >= 0.6 is 27.5 Å².